The van der Waals surface area contributed by atoms with Crippen LogP contribution in [0.4, 0.5) is 0 Å². The van der Waals surface area contributed by atoms with Gasteiger partial charge in [-0.05, 0) is 44.0 Å². The van der Waals surface area contributed by atoms with Gasteiger partial charge in [-0.2, -0.15) is 5.26 Å². The summed E-state index contributed by atoms with van der Waals surface area (Å²) in [6.07, 6.45) is 2.13. The summed E-state index contributed by atoms with van der Waals surface area (Å²) in [5.74, 6) is -0.0213. The topological polar surface area (TPSA) is 138 Å². The molecule has 1 aromatic carbocycles. The van der Waals surface area contributed by atoms with Crippen molar-refractivity contribution < 1.29 is 24.2 Å². The van der Waals surface area contributed by atoms with Gasteiger partial charge in [0, 0.05) is 11.7 Å². The molecule has 0 aromatic heterocycles. The number of nitrogens with one attached hydrogen (secondary N) is 1. The van der Waals surface area contributed by atoms with E-state index in [0.717, 1.165) is 5.56 Å². The van der Waals surface area contributed by atoms with Crippen molar-refractivity contribution in [2.75, 3.05) is 26.4 Å². The summed E-state index contributed by atoms with van der Waals surface area (Å²) in [5.41, 5.74) is 7.70. The maximum Gasteiger partial charge on any atom is 0.344 e. The Labute approximate surface area is 175 Å². The first-order valence-electron chi connectivity index (χ1n) is 9.53. The normalized spacial score (nSPS) is 14.5. The molecule has 0 aliphatic carbocycles. The Hall–Kier alpha value is -3.51. The fourth-order valence-electron chi connectivity index (χ4n) is 2.97. The van der Waals surface area contributed by atoms with Gasteiger partial charge in [-0.3, -0.25) is 4.79 Å². The largest absolute Gasteiger partial charge is 0.482 e. The van der Waals surface area contributed by atoms with Crippen molar-refractivity contribution in [3.05, 3.63) is 53.0 Å². The lowest BCUT2D eigenvalue weighted by Gasteiger charge is -2.36. The number of benzene rings is 1. The van der Waals surface area contributed by atoms with E-state index in [1.54, 1.807) is 19.1 Å². The molecule has 0 saturated heterocycles. The molecular formula is C21H26N4O5. The van der Waals surface area contributed by atoms with Gasteiger partial charge in [0.2, 0.25) is 0 Å². The highest BCUT2D eigenvalue weighted by Gasteiger charge is 2.24. The summed E-state index contributed by atoms with van der Waals surface area (Å²) in [5, 5.41) is 20.9. The summed E-state index contributed by atoms with van der Waals surface area (Å²) in [6.45, 7) is 3.48. The average molecular weight is 414 g/mol. The lowest BCUT2D eigenvalue weighted by Crippen LogP contribution is -2.45. The summed E-state index contributed by atoms with van der Waals surface area (Å²) < 4.78 is 10.2. The van der Waals surface area contributed by atoms with E-state index in [1.807, 2.05) is 30.0 Å². The Kier molecular flexibility index (Phi) is 8.26. The van der Waals surface area contributed by atoms with Gasteiger partial charge in [-0.1, -0.05) is 12.1 Å². The first-order chi connectivity index (χ1) is 14.4. The third kappa shape index (κ3) is 6.25. The Morgan fingerprint density at radius 1 is 1.37 bits per heavy atom. The molecule has 1 heterocycles. The quantitative estimate of drug-likeness (QED) is 0.499. The number of carbonyl (C=O) groups excluding carboxylic acids is 2. The predicted molar refractivity (Wildman–Crippen MR) is 109 cm³/mol. The minimum absolute atomic E-state index is 0.0691. The number of nitrogens with zero attached hydrogens (tertiary/aromatic N) is 2. The minimum atomic E-state index is -0.659. The van der Waals surface area contributed by atoms with E-state index >= 15 is 0 Å². The Morgan fingerprint density at radius 3 is 2.67 bits per heavy atom. The number of esters is 1. The fourth-order valence-corrected chi connectivity index (χ4v) is 2.97. The van der Waals surface area contributed by atoms with Gasteiger partial charge in [0.15, 0.2) is 6.61 Å². The summed E-state index contributed by atoms with van der Waals surface area (Å²) in [6, 6.07) is 9.25. The molecule has 1 aliphatic heterocycles. The van der Waals surface area contributed by atoms with Crippen LogP contribution in [-0.4, -0.2) is 54.3 Å². The van der Waals surface area contributed by atoms with E-state index < -0.39 is 18.5 Å². The van der Waals surface area contributed by atoms with Crippen LogP contribution in [0.2, 0.25) is 0 Å². The van der Waals surface area contributed by atoms with Gasteiger partial charge >= 0.3 is 5.97 Å². The van der Waals surface area contributed by atoms with E-state index in [2.05, 4.69) is 5.32 Å². The maximum absolute atomic E-state index is 11.7. The zero-order valence-corrected chi connectivity index (χ0v) is 17.1. The highest BCUT2D eigenvalue weighted by molar-refractivity contribution is 5.79. The molecular weight excluding hydrogens is 388 g/mol. The number of hydrogen-bond donors (Lipinski definition) is 3. The first kappa shape index (κ1) is 22.8. The van der Waals surface area contributed by atoms with Gasteiger partial charge in [-0.25, -0.2) is 4.79 Å². The predicted octanol–water partition coefficient (Wildman–Crippen LogP) is 0.561. The van der Waals surface area contributed by atoms with Crippen LogP contribution in [0.1, 0.15) is 19.4 Å². The molecule has 9 heteroatoms. The summed E-state index contributed by atoms with van der Waals surface area (Å²) >= 11 is 0. The number of nitriles is 1. The van der Waals surface area contributed by atoms with E-state index in [4.69, 9.17) is 20.3 Å². The zero-order chi connectivity index (χ0) is 22.1. The van der Waals surface area contributed by atoms with Crippen molar-refractivity contribution in [3.63, 3.8) is 0 Å². The first-order valence-corrected chi connectivity index (χ1v) is 9.53. The molecule has 0 bridgehead atoms. The number of rotatable bonds is 9. The molecule has 1 aliphatic rings. The lowest BCUT2D eigenvalue weighted by atomic mass is 10.0. The molecule has 1 aromatic rings. The number of nitrogens with two attached hydrogens (primary N) is 1. The number of amides is 1. The fraction of sp³-hybridized carbons (Fsp3) is 0.381. The maximum atomic E-state index is 11.7. The number of aliphatic hydroxyl groups excluding tert-OH is 1. The molecule has 1 atom stereocenters. The van der Waals surface area contributed by atoms with Gasteiger partial charge in [0.1, 0.15) is 24.2 Å². The highest BCUT2D eigenvalue weighted by atomic mass is 16.6. The number of carbonyl (C=O) groups is 2. The molecule has 1 unspecified atom stereocenters. The molecule has 1 amide bonds. The van der Waals surface area contributed by atoms with Crippen molar-refractivity contribution in [3.8, 4) is 11.8 Å². The third-order valence-electron chi connectivity index (χ3n) is 4.46. The molecule has 0 fully saturated rings. The zero-order valence-electron chi connectivity index (χ0n) is 17.1. The van der Waals surface area contributed by atoms with Gasteiger partial charge in [0.05, 0.1) is 18.7 Å². The number of aliphatic hydroxyl groups is 1. The van der Waals surface area contributed by atoms with Gasteiger partial charge in [-0.15, -0.1) is 0 Å². The van der Waals surface area contributed by atoms with Crippen LogP contribution < -0.4 is 15.8 Å². The van der Waals surface area contributed by atoms with E-state index in [0.29, 0.717) is 30.3 Å². The molecule has 9 nitrogen and oxygen atoms in total. The van der Waals surface area contributed by atoms with Crippen LogP contribution in [0.5, 0.6) is 5.75 Å². The van der Waals surface area contributed by atoms with Crippen LogP contribution in [-0.2, 0) is 20.7 Å². The Balaban J connectivity index is 2.05. The van der Waals surface area contributed by atoms with Crippen molar-refractivity contribution >= 4 is 11.9 Å². The van der Waals surface area contributed by atoms with Crippen molar-refractivity contribution in [2.24, 2.45) is 5.73 Å². The van der Waals surface area contributed by atoms with E-state index in [-0.39, 0.29) is 24.8 Å². The third-order valence-corrected chi connectivity index (χ3v) is 4.46. The smallest absolute Gasteiger partial charge is 0.344 e. The lowest BCUT2D eigenvalue weighted by molar-refractivity contribution is -0.145. The molecule has 0 spiro atoms. The van der Waals surface area contributed by atoms with Crippen LogP contribution in [0, 0.1) is 11.3 Å². The van der Waals surface area contributed by atoms with Crippen molar-refractivity contribution in [1.82, 2.24) is 10.2 Å². The monoisotopic (exact) mass is 414 g/mol. The molecule has 2 rings (SSSR count). The molecule has 0 radical (unpaired) electrons. The van der Waals surface area contributed by atoms with Crippen LogP contribution in [0.15, 0.2) is 47.4 Å². The molecule has 30 heavy (non-hydrogen) atoms. The molecule has 4 N–H and O–H groups in total. The van der Waals surface area contributed by atoms with E-state index in [9.17, 15) is 14.9 Å². The van der Waals surface area contributed by atoms with Crippen molar-refractivity contribution in [1.29, 1.82) is 5.26 Å². The molecule has 0 saturated carbocycles. The standard InChI is InChI=1S/C21H26N4O5/c1-3-29-21(28)13-30-17-6-4-15(5-7-17)8-14(2)25-11-18(23)16(10-22)9-19(25)24-20(27)12-26/h4-7,9,14,26H,3,8,11-13,23H2,1-2H3,(H,24,27). The minimum Gasteiger partial charge on any atom is -0.482 e. The van der Waals surface area contributed by atoms with Gasteiger partial charge in [0.25, 0.3) is 5.91 Å². The Bertz CT molecular complexity index is 870. The second-order valence-electron chi connectivity index (χ2n) is 6.71. The molecule has 160 valence electrons. The van der Waals surface area contributed by atoms with E-state index in [1.165, 1.54) is 6.08 Å². The van der Waals surface area contributed by atoms with Crippen LogP contribution in [0.25, 0.3) is 0 Å². The van der Waals surface area contributed by atoms with Gasteiger partial charge < -0.3 is 30.5 Å². The van der Waals surface area contributed by atoms with Crippen molar-refractivity contribution in [2.45, 2.75) is 26.3 Å². The second-order valence-corrected chi connectivity index (χ2v) is 6.71. The summed E-state index contributed by atoms with van der Waals surface area (Å²) in [7, 11) is 0. The number of hydrogen-bond acceptors (Lipinski definition) is 8. The summed E-state index contributed by atoms with van der Waals surface area (Å²) in [4.78, 5) is 24.9. The highest BCUT2D eigenvalue weighted by Crippen LogP contribution is 2.22. The SMILES string of the molecule is CCOC(=O)COc1ccc(CC(C)N2CC(N)=C(C#N)C=C2NC(=O)CO)cc1. The van der Waals surface area contributed by atoms with Crippen LogP contribution in [0.3, 0.4) is 0 Å². The second kappa shape index (κ2) is 10.9. The Morgan fingerprint density at radius 2 is 2.07 bits per heavy atom. The van der Waals surface area contributed by atoms with Crippen LogP contribution >= 0.6 is 0 Å². The number of ether oxygens (including phenoxy) is 2. The number of allylic oxidation sites excluding steroid dienone is 2. The average Bonchev–Trinajstić information content (AvgIpc) is 2.74.